The van der Waals surface area contributed by atoms with Gasteiger partial charge >= 0.3 is 0 Å². The third-order valence-corrected chi connectivity index (χ3v) is 7.03. The van der Waals surface area contributed by atoms with Crippen molar-refractivity contribution in [3.05, 3.63) is 53.6 Å². The summed E-state index contributed by atoms with van der Waals surface area (Å²) in [4.78, 5) is 15.1. The first-order chi connectivity index (χ1) is 14.2. The van der Waals surface area contributed by atoms with Gasteiger partial charge in [0.05, 0.1) is 11.0 Å². The Hall–Kier alpha value is -2.42. The van der Waals surface area contributed by atoms with Crippen molar-refractivity contribution in [1.29, 1.82) is 0 Å². The fourth-order valence-electron chi connectivity index (χ4n) is 3.31. The average molecular weight is 432 g/mol. The number of sulfonamides is 1. The van der Waals surface area contributed by atoms with Crippen molar-refractivity contribution in [2.75, 3.05) is 38.5 Å². The maximum atomic E-state index is 13.2. The van der Waals surface area contributed by atoms with Crippen molar-refractivity contribution in [3.8, 4) is 5.75 Å². The highest BCUT2D eigenvalue weighted by Gasteiger charge is 2.29. The Balaban J connectivity index is 1.82. The Morgan fingerprint density at radius 3 is 2.43 bits per heavy atom. The van der Waals surface area contributed by atoms with Crippen LogP contribution in [0.5, 0.6) is 5.75 Å². The van der Waals surface area contributed by atoms with Crippen LogP contribution in [0.4, 0.5) is 5.69 Å². The highest BCUT2D eigenvalue weighted by atomic mass is 32.2. The van der Waals surface area contributed by atoms with Gasteiger partial charge in [-0.05, 0) is 57.6 Å². The molecule has 1 fully saturated rings. The molecule has 0 radical (unpaired) electrons. The van der Waals surface area contributed by atoms with Gasteiger partial charge in [0.25, 0.3) is 5.91 Å². The van der Waals surface area contributed by atoms with Crippen LogP contribution in [-0.4, -0.2) is 62.9 Å². The number of nitrogens with zero attached hydrogens (tertiary/aromatic N) is 2. The molecule has 0 saturated carbocycles. The molecule has 0 bridgehead atoms. The lowest BCUT2D eigenvalue weighted by Crippen LogP contribution is -2.47. The molecule has 8 heteroatoms. The zero-order valence-electron chi connectivity index (χ0n) is 17.9. The van der Waals surface area contributed by atoms with Gasteiger partial charge in [0.2, 0.25) is 10.0 Å². The number of rotatable bonds is 6. The molecule has 30 heavy (non-hydrogen) atoms. The Morgan fingerprint density at radius 2 is 1.77 bits per heavy atom. The van der Waals surface area contributed by atoms with Crippen molar-refractivity contribution < 1.29 is 17.9 Å². The van der Waals surface area contributed by atoms with Crippen LogP contribution in [0, 0.1) is 6.92 Å². The molecule has 1 N–H and O–H groups in total. The molecule has 1 aliphatic rings. The van der Waals surface area contributed by atoms with Crippen LogP contribution >= 0.6 is 0 Å². The van der Waals surface area contributed by atoms with E-state index < -0.39 is 10.0 Å². The maximum absolute atomic E-state index is 13.2. The molecule has 1 amide bonds. The molecular weight excluding hydrogens is 402 g/mol. The quantitative estimate of drug-likeness (QED) is 0.761. The molecule has 162 valence electrons. The Labute approximate surface area is 178 Å². The molecule has 1 heterocycles. The molecule has 0 aliphatic carbocycles. The molecule has 2 aromatic rings. The molecule has 1 saturated heterocycles. The highest BCUT2D eigenvalue weighted by molar-refractivity contribution is 7.89. The van der Waals surface area contributed by atoms with Crippen molar-refractivity contribution in [2.45, 2.75) is 31.8 Å². The Bertz CT molecular complexity index is 1010. The summed E-state index contributed by atoms with van der Waals surface area (Å²) in [6.07, 6.45) is 0.0235. The maximum Gasteiger partial charge on any atom is 0.255 e. The van der Waals surface area contributed by atoms with Crippen LogP contribution in [0.1, 0.15) is 29.8 Å². The van der Waals surface area contributed by atoms with Crippen molar-refractivity contribution >= 4 is 21.6 Å². The van der Waals surface area contributed by atoms with Crippen molar-refractivity contribution in [2.24, 2.45) is 0 Å². The molecular formula is C22H29N3O4S. The third-order valence-electron chi connectivity index (χ3n) is 4.99. The van der Waals surface area contributed by atoms with E-state index in [0.717, 1.165) is 0 Å². The van der Waals surface area contributed by atoms with Crippen LogP contribution in [-0.2, 0) is 10.0 Å². The molecule has 3 rings (SSSR count). The van der Waals surface area contributed by atoms with Crippen LogP contribution in [0.25, 0.3) is 0 Å². The smallest absolute Gasteiger partial charge is 0.255 e. The molecule has 0 aromatic heterocycles. The van der Waals surface area contributed by atoms with Gasteiger partial charge in [0.1, 0.15) is 5.75 Å². The van der Waals surface area contributed by atoms with Crippen LogP contribution in [0.3, 0.4) is 0 Å². The number of aryl methyl sites for hydroxylation is 1. The van der Waals surface area contributed by atoms with E-state index in [1.165, 1.54) is 10.4 Å². The molecule has 7 nitrogen and oxygen atoms in total. The zero-order chi connectivity index (χ0) is 21.9. The van der Waals surface area contributed by atoms with Gasteiger partial charge in [0, 0.05) is 43.5 Å². The number of likely N-dealkylation sites (N-methyl/N-ethyl adjacent to an activating group) is 1. The van der Waals surface area contributed by atoms with Crippen LogP contribution in [0.2, 0.25) is 0 Å². The summed E-state index contributed by atoms with van der Waals surface area (Å²) in [5.41, 5.74) is 1.50. The predicted octanol–water partition coefficient (Wildman–Crippen LogP) is 2.97. The standard InChI is InChI=1S/C22H29N3O4S/c1-16(2)29-20-7-5-6-19(15-20)23-22(26)18-9-8-17(3)21(14-18)30(27,28)25-12-10-24(4)11-13-25/h5-9,14-16H,10-13H2,1-4H3,(H,23,26). The second kappa shape index (κ2) is 9.16. The number of hydrogen-bond acceptors (Lipinski definition) is 5. The number of benzene rings is 2. The summed E-state index contributed by atoms with van der Waals surface area (Å²) in [7, 11) is -1.68. The average Bonchev–Trinajstić information content (AvgIpc) is 2.68. The lowest BCUT2D eigenvalue weighted by molar-refractivity contribution is 0.102. The summed E-state index contributed by atoms with van der Waals surface area (Å²) in [5, 5.41) is 2.82. The van der Waals surface area contributed by atoms with E-state index in [9.17, 15) is 13.2 Å². The summed E-state index contributed by atoms with van der Waals surface area (Å²) in [5.74, 6) is 0.288. The second-order valence-corrected chi connectivity index (χ2v) is 9.74. The lowest BCUT2D eigenvalue weighted by atomic mass is 10.1. The fraction of sp³-hybridized carbons (Fsp3) is 0.409. The zero-order valence-corrected chi connectivity index (χ0v) is 18.7. The molecule has 1 aliphatic heterocycles. The summed E-state index contributed by atoms with van der Waals surface area (Å²) in [6, 6.07) is 11.9. The minimum absolute atomic E-state index is 0.0235. The van der Waals surface area contributed by atoms with E-state index in [4.69, 9.17) is 4.74 Å². The number of anilines is 1. The van der Waals surface area contributed by atoms with Crippen molar-refractivity contribution in [1.82, 2.24) is 9.21 Å². The van der Waals surface area contributed by atoms with E-state index in [1.807, 2.05) is 27.0 Å². The summed E-state index contributed by atoms with van der Waals surface area (Å²) in [6.45, 7) is 7.87. The third kappa shape index (κ3) is 5.19. The molecule has 2 aromatic carbocycles. The minimum Gasteiger partial charge on any atom is -0.491 e. The van der Waals surface area contributed by atoms with E-state index in [2.05, 4.69) is 10.2 Å². The Morgan fingerprint density at radius 1 is 1.07 bits per heavy atom. The van der Waals surface area contributed by atoms with Gasteiger partial charge in [0.15, 0.2) is 0 Å². The number of nitrogens with one attached hydrogen (secondary N) is 1. The fourth-order valence-corrected chi connectivity index (χ4v) is 4.98. The second-order valence-electron chi connectivity index (χ2n) is 7.84. The van der Waals surface area contributed by atoms with E-state index >= 15 is 0 Å². The van der Waals surface area contributed by atoms with Gasteiger partial charge in [-0.25, -0.2) is 8.42 Å². The summed E-state index contributed by atoms with van der Waals surface area (Å²) >= 11 is 0. The normalized spacial score (nSPS) is 15.9. The number of hydrogen-bond donors (Lipinski definition) is 1. The van der Waals surface area contributed by atoms with E-state index in [-0.39, 0.29) is 16.9 Å². The molecule has 0 spiro atoms. The first-order valence-corrected chi connectivity index (χ1v) is 11.5. The first kappa shape index (κ1) is 22.3. The topological polar surface area (TPSA) is 78.9 Å². The van der Waals surface area contributed by atoms with Gasteiger partial charge < -0.3 is 15.0 Å². The SMILES string of the molecule is Cc1ccc(C(=O)Nc2cccc(OC(C)C)c2)cc1S(=O)(=O)N1CCN(C)CC1. The first-order valence-electron chi connectivity index (χ1n) is 10.0. The largest absolute Gasteiger partial charge is 0.491 e. The molecule has 0 atom stereocenters. The van der Waals surface area contributed by atoms with E-state index in [1.54, 1.807) is 37.3 Å². The lowest BCUT2D eigenvalue weighted by Gasteiger charge is -2.32. The predicted molar refractivity (Wildman–Crippen MR) is 118 cm³/mol. The van der Waals surface area contributed by atoms with Crippen LogP contribution < -0.4 is 10.1 Å². The van der Waals surface area contributed by atoms with Gasteiger partial charge in [-0.1, -0.05) is 12.1 Å². The highest BCUT2D eigenvalue weighted by Crippen LogP contribution is 2.24. The van der Waals surface area contributed by atoms with Gasteiger partial charge in [-0.15, -0.1) is 0 Å². The van der Waals surface area contributed by atoms with Gasteiger partial charge in [-0.2, -0.15) is 4.31 Å². The van der Waals surface area contributed by atoms with Gasteiger partial charge in [-0.3, -0.25) is 4.79 Å². The number of ether oxygens (including phenoxy) is 1. The molecule has 0 unspecified atom stereocenters. The van der Waals surface area contributed by atoms with E-state index in [0.29, 0.717) is 48.7 Å². The Kier molecular flexibility index (Phi) is 6.80. The van der Waals surface area contributed by atoms with Crippen molar-refractivity contribution in [3.63, 3.8) is 0 Å². The number of amides is 1. The monoisotopic (exact) mass is 431 g/mol. The number of carbonyl (C=O) groups is 1. The number of carbonyl (C=O) groups excluding carboxylic acids is 1. The minimum atomic E-state index is -3.66. The number of piperazine rings is 1. The van der Waals surface area contributed by atoms with Crippen LogP contribution in [0.15, 0.2) is 47.4 Å². The summed E-state index contributed by atoms with van der Waals surface area (Å²) < 4.78 is 33.5.